The summed E-state index contributed by atoms with van der Waals surface area (Å²) in [6, 6.07) is 5.92. The van der Waals surface area contributed by atoms with Crippen molar-refractivity contribution in [3.05, 3.63) is 24.3 Å². The number of nitrogen functional groups attached to an aromatic ring is 1. The normalized spacial score (nSPS) is 34.2. The van der Waals surface area contributed by atoms with E-state index < -0.39 is 19.2 Å². The molecule has 1 aliphatic heterocycles. The van der Waals surface area contributed by atoms with Crippen LogP contribution < -0.4 is 10.5 Å². The fourth-order valence-corrected chi connectivity index (χ4v) is 0.788. The van der Waals surface area contributed by atoms with E-state index in [0.29, 0.717) is 5.69 Å². The fourth-order valence-electron chi connectivity index (χ4n) is 0.788. The Hall–Kier alpha value is -1.22. The monoisotopic (exact) mass is 170 g/mol. The zero-order valence-corrected chi connectivity index (χ0v) is 6.20. The van der Waals surface area contributed by atoms with Gasteiger partial charge in [0, 0.05) is 5.69 Å². The molecule has 2 rings (SSSR count). The molecule has 1 aliphatic rings. The number of anilines is 1. The Morgan fingerprint density at radius 3 is 2.75 bits per heavy atom. The third kappa shape index (κ3) is 1.51. The van der Waals surface area contributed by atoms with Crippen LogP contribution >= 0.6 is 0 Å². The summed E-state index contributed by atoms with van der Waals surface area (Å²) in [6.07, 6.45) is -2.43. The van der Waals surface area contributed by atoms with E-state index in [1.54, 1.807) is 0 Å². The van der Waals surface area contributed by atoms with Crippen LogP contribution in [0.2, 0.25) is 0 Å². The minimum atomic E-state index is -2.50. The zero-order valence-electron chi connectivity index (χ0n) is 11.2. The molecule has 2 N–H and O–H groups in total. The molecule has 0 aromatic heterocycles. The topological polar surface area (TPSA) is 44.5 Å². The highest BCUT2D eigenvalue weighted by Crippen LogP contribution is 2.17. The third-order valence-corrected chi connectivity index (χ3v) is 1.39. The lowest BCUT2D eigenvalue weighted by atomic mass is 10.3. The number of ether oxygens (including phenoxy) is 2. The Bertz CT molecular complexity index is 420. The van der Waals surface area contributed by atoms with Gasteiger partial charge in [-0.1, -0.05) is 0 Å². The Balaban J connectivity index is 2.25. The molecule has 0 amide bonds. The molecule has 1 aromatic carbocycles. The first kappa shape index (κ1) is 3.66. The minimum Gasteiger partial charge on any atom is -0.486 e. The van der Waals surface area contributed by atoms with Crippen LogP contribution in [-0.2, 0) is 4.74 Å². The van der Waals surface area contributed by atoms with Gasteiger partial charge in [0.1, 0.15) is 11.8 Å². The molecule has 64 valence electrons. The summed E-state index contributed by atoms with van der Waals surface area (Å²) in [5, 5.41) is 0. The second-order valence-electron chi connectivity index (χ2n) is 2.31. The van der Waals surface area contributed by atoms with Crippen molar-refractivity contribution < 1.29 is 16.3 Å². The lowest BCUT2D eigenvalue weighted by molar-refractivity contribution is -0.0796. The lowest BCUT2D eigenvalue weighted by Gasteiger charge is -2.26. The molecule has 0 bridgehead atoms. The maximum absolute atomic E-state index is 7.73. The Labute approximate surface area is 78.1 Å². The van der Waals surface area contributed by atoms with Gasteiger partial charge < -0.3 is 15.2 Å². The van der Waals surface area contributed by atoms with E-state index in [0.717, 1.165) is 0 Å². The zero-order chi connectivity index (χ0) is 12.9. The highest BCUT2D eigenvalue weighted by atomic mass is 16.6. The summed E-state index contributed by atoms with van der Waals surface area (Å²) in [4.78, 5) is 0. The van der Waals surface area contributed by atoms with Gasteiger partial charge in [-0.3, -0.25) is 0 Å². The van der Waals surface area contributed by atoms with Crippen LogP contribution in [0.3, 0.4) is 0 Å². The minimum absolute atomic E-state index is 0.158. The van der Waals surface area contributed by atoms with Crippen LogP contribution in [0.1, 0.15) is 6.85 Å². The fraction of sp³-hybridized carbons (Fsp3) is 0.333. The molecule has 0 atom stereocenters. The predicted octanol–water partition coefficient (Wildman–Crippen LogP) is 1.05. The molecule has 1 saturated heterocycles. The van der Waals surface area contributed by atoms with Crippen molar-refractivity contribution in [1.29, 1.82) is 0 Å². The van der Waals surface area contributed by atoms with E-state index in [4.69, 9.17) is 17.3 Å². The molecule has 0 aliphatic carbocycles. The van der Waals surface area contributed by atoms with Gasteiger partial charge in [0.2, 0.25) is 0 Å². The number of nitrogens with two attached hydrogens (primary N) is 1. The largest absolute Gasteiger partial charge is 0.486 e. The molecule has 0 radical (unpaired) electrons. The van der Waals surface area contributed by atoms with E-state index in [-0.39, 0.29) is 5.75 Å². The number of hydrogen-bond acceptors (Lipinski definition) is 3. The van der Waals surface area contributed by atoms with Crippen LogP contribution in [0.15, 0.2) is 24.3 Å². The van der Waals surface area contributed by atoms with Crippen molar-refractivity contribution in [2.45, 2.75) is 6.08 Å². The van der Waals surface area contributed by atoms with Crippen LogP contribution in [0, 0.1) is 0 Å². The second kappa shape index (κ2) is 3.03. The summed E-state index contributed by atoms with van der Waals surface area (Å²) >= 11 is 0. The average Bonchev–Trinajstić information content (AvgIpc) is 2.19. The molecule has 3 heteroatoms. The molecule has 0 saturated carbocycles. The van der Waals surface area contributed by atoms with Gasteiger partial charge in [-0.2, -0.15) is 0 Å². The van der Waals surface area contributed by atoms with Gasteiger partial charge >= 0.3 is 0 Å². The molecular formula is C9H11NO2. The van der Waals surface area contributed by atoms with Gasteiger partial charge in [0.05, 0.1) is 20.0 Å². The Kier molecular flexibility index (Phi) is 0.924. The van der Waals surface area contributed by atoms with Gasteiger partial charge in [-0.25, -0.2) is 0 Å². The van der Waals surface area contributed by atoms with Crippen molar-refractivity contribution in [3.63, 3.8) is 0 Å². The summed E-state index contributed by atoms with van der Waals surface area (Å²) in [5.41, 5.74) is 5.96. The molecule has 12 heavy (non-hydrogen) atoms. The van der Waals surface area contributed by atoms with Crippen LogP contribution in [-0.4, -0.2) is 19.2 Å². The standard InChI is InChI=1S/C9H11NO2/c10-7-1-3-8(4-2-7)12-9-5-11-6-9/h1-4,9H,5-6,10H2/i5D2,6D2,9D. The molecule has 3 nitrogen and oxygen atoms in total. The quantitative estimate of drug-likeness (QED) is 0.675. The van der Waals surface area contributed by atoms with Crippen LogP contribution in [0.4, 0.5) is 5.69 Å². The van der Waals surface area contributed by atoms with E-state index in [2.05, 4.69) is 4.74 Å². The SMILES string of the molecule is [2H]C1([2H])OC([2H])([2H])C1([2H])Oc1ccc(N)cc1. The highest BCUT2D eigenvalue weighted by molar-refractivity contribution is 5.41. The number of rotatable bonds is 2. The number of hydrogen-bond donors (Lipinski definition) is 1. The summed E-state index contributed by atoms with van der Waals surface area (Å²) in [7, 11) is 0. The first-order valence-corrected chi connectivity index (χ1v) is 3.43. The Morgan fingerprint density at radius 1 is 1.50 bits per heavy atom. The molecule has 0 unspecified atom stereocenters. The molecular weight excluding hydrogens is 154 g/mol. The van der Waals surface area contributed by atoms with Crippen molar-refractivity contribution in [3.8, 4) is 5.75 Å². The number of benzene rings is 1. The lowest BCUT2D eigenvalue weighted by Crippen LogP contribution is -2.38. The van der Waals surface area contributed by atoms with E-state index in [1.165, 1.54) is 24.3 Å². The van der Waals surface area contributed by atoms with Gasteiger partial charge in [-0.05, 0) is 24.3 Å². The van der Waals surface area contributed by atoms with Crippen LogP contribution in [0.25, 0.3) is 0 Å². The van der Waals surface area contributed by atoms with Crippen LogP contribution in [0.5, 0.6) is 5.75 Å². The van der Waals surface area contributed by atoms with Gasteiger partial charge in [0.25, 0.3) is 0 Å². The summed E-state index contributed by atoms with van der Waals surface area (Å²) in [5.74, 6) is 0.158. The second-order valence-corrected chi connectivity index (χ2v) is 2.31. The third-order valence-electron chi connectivity index (χ3n) is 1.39. The Morgan fingerprint density at radius 2 is 2.17 bits per heavy atom. The predicted molar refractivity (Wildman–Crippen MR) is 46.1 cm³/mol. The molecule has 0 spiro atoms. The maximum atomic E-state index is 7.73. The van der Waals surface area contributed by atoms with E-state index in [9.17, 15) is 0 Å². The smallest absolute Gasteiger partial charge is 0.145 e. The molecule has 1 fully saturated rings. The van der Waals surface area contributed by atoms with Crippen molar-refractivity contribution >= 4 is 5.69 Å². The van der Waals surface area contributed by atoms with Crippen molar-refractivity contribution in [1.82, 2.24) is 0 Å². The molecule has 1 aromatic rings. The maximum Gasteiger partial charge on any atom is 0.145 e. The first-order chi connectivity index (χ1) is 7.68. The average molecular weight is 170 g/mol. The first-order valence-electron chi connectivity index (χ1n) is 5.93. The summed E-state index contributed by atoms with van der Waals surface area (Å²) < 4.78 is 46.5. The van der Waals surface area contributed by atoms with Crippen molar-refractivity contribution in [2.24, 2.45) is 0 Å². The summed E-state index contributed by atoms with van der Waals surface area (Å²) in [6.45, 7) is -5.00. The van der Waals surface area contributed by atoms with E-state index in [1.807, 2.05) is 0 Å². The van der Waals surface area contributed by atoms with Gasteiger partial charge in [-0.15, -0.1) is 0 Å². The highest BCUT2D eigenvalue weighted by Gasteiger charge is 2.19. The van der Waals surface area contributed by atoms with E-state index >= 15 is 0 Å². The molecule has 1 heterocycles. The van der Waals surface area contributed by atoms with Crippen molar-refractivity contribution in [2.75, 3.05) is 18.9 Å². The van der Waals surface area contributed by atoms with Gasteiger partial charge in [0.15, 0.2) is 0 Å².